The number of unbranched alkanes of at least 4 members (excludes halogenated alkanes) is 1. The van der Waals surface area contributed by atoms with Crippen LogP contribution >= 0.6 is 0 Å². The van der Waals surface area contributed by atoms with Crippen LogP contribution in [0.3, 0.4) is 0 Å². The first-order valence-electron chi connectivity index (χ1n) is 12.9. The molecule has 2 aromatic carbocycles. The van der Waals surface area contributed by atoms with Gasteiger partial charge in [-0.05, 0) is 82.7 Å². The van der Waals surface area contributed by atoms with Crippen LogP contribution in [0.5, 0.6) is 0 Å². The number of hydrogen-bond acceptors (Lipinski definition) is 7. The number of benzene rings is 2. The van der Waals surface area contributed by atoms with Crippen molar-refractivity contribution in [2.75, 3.05) is 43.1 Å². The molecular weight excluding hydrogens is 521 g/mol. The number of carbonyl (C=O) groups excluding carboxylic acids is 1. The second kappa shape index (κ2) is 11.9. The average Bonchev–Trinajstić information content (AvgIpc) is 3.19. The van der Waals surface area contributed by atoms with E-state index in [9.17, 15) is 18.0 Å². The van der Waals surface area contributed by atoms with E-state index in [1.54, 1.807) is 36.1 Å². The zero-order valence-electron chi connectivity index (χ0n) is 23.1. The van der Waals surface area contributed by atoms with Crippen molar-refractivity contribution in [1.82, 2.24) is 24.6 Å². The van der Waals surface area contributed by atoms with E-state index in [1.807, 2.05) is 21.0 Å². The van der Waals surface area contributed by atoms with Gasteiger partial charge in [-0.3, -0.25) is 4.79 Å². The molecule has 9 nitrogen and oxygen atoms in total. The molecule has 4 rings (SSSR count). The van der Waals surface area contributed by atoms with Gasteiger partial charge in [0.25, 0.3) is 5.91 Å². The highest BCUT2D eigenvalue weighted by Crippen LogP contribution is 2.33. The van der Waals surface area contributed by atoms with Crippen LogP contribution in [0.25, 0.3) is 11.0 Å². The summed E-state index contributed by atoms with van der Waals surface area (Å²) in [5.74, 6) is 0.422. The molecule has 0 aliphatic carbocycles. The lowest BCUT2D eigenvalue weighted by molar-refractivity contribution is -0.138. The number of hydrogen-bond donors (Lipinski definition) is 3. The van der Waals surface area contributed by atoms with Gasteiger partial charge in [0.15, 0.2) is 11.5 Å². The van der Waals surface area contributed by atoms with Gasteiger partial charge in [0.05, 0.1) is 10.9 Å². The first kappa shape index (κ1) is 28.8. The molecule has 4 aromatic rings. The highest BCUT2D eigenvalue weighted by Gasteiger charge is 2.33. The fraction of sp³-hybridized carbons (Fsp3) is 0.357. The zero-order valence-corrected chi connectivity index (χ0v) is 23.1. The lowest BCUT2D eigenvalue weighted by Gasteiger charge is -2.13. The summed E-state index contributed by atoms with van der Waals surface area (Å²) >= 11 is 0. The third kappa shape index (κ3) is 6.87. The van der Waals surface area contributed by atoms with Gasteiger partial charge >= 0.3 is 6.18 Å². The monoisotopic (exact) mass is 554 g/mol. The van der Waals surface area contributed by atoms with Gasteiger partial charge in [0, 0.05) is 36.7 Å². The molecule has 3 N–H and O–H groups in total. The van der Waals surface area contributed by atoms with Gasteiger partial charge in [0.1, 0.15) is 0 Å². The SMILES string of the molecule is Cc1ccc(NC(=O)c2ccc(C)c(C(F)(F)F)c2)cc1Nc1nn(C)c2nc(NCCCCN(C)C)ncc12. The van der Waals surface area contributed by atoms with Crippen LogP contribution in [0.1, 0.15) is 39.9 Å². The maximum atomic E-state index is 13.3. The summed E-state index contributed by atoms with van der Waals surface area (Å²) < 4.78 is 41.6. The van der Waals surface area contributed by atoms with Crippen molar-refractivity contribution in [2.24, 2.45) is 7.05 Å². The number of anilines is 4. The predicted octanol–water partition coefficient (Wildman–Crippen LogP) is 5.75. The molecule has 0 saturated heterocycles. The number of carbonyl (C=O) groups is 1. The van der Waals surface area contributed by atoms with Crippen molar-refractivity contribution < 1.29 is 18.0 Å². The third-order valence-electron chi connectivity index (χ3n) is 6.45. The molecule has 0 bridgehead atoms. The first-order chi connectivity index (χ1) is 18.9. The van der Waals surface area contributed by atoms with Gasteiger partial charge in [0.2, 0.25) is 5.95 Å². The van der Waals surface area contributed by atoms with Crippen molar-refractivity contribution in [3.05, 3.63) is 64.8 Å². The molecule has 0 aliphatic rings. The second-order valence-corrected chi connectivity index (χ2v) is 9.98. The lowest BCUT2D eigenvalue weighted by atomic mass is 10.0. The quantitative estimate of drug-likeness (QED) is 0.215. The summed E-state index contributed by atoms with van der Waals surface area (Å²) in [6.45, 7) is 5.04. The summed E-state index contributed by atoms with van der Waals surface area (Å²) in [6.07, 6.45) is -0.770. The van der Waals surface area contributed by atoms with Gasteiger partial charge in [-0.15, -0.1) is 0 Å². The Morgan fingerprint density at radius 1 is 1.05 bits per heavy atom. The van der Waals surface area contributed by atoms with Crippen molar-refractivity contribution in [2.45, 2.75) is 32.9 Å². The Kier molecular flexibility index (Phi) is 8.58. The molecular formula is C28H33F3N8O. The largest absolute Gasteiger partial charge is 0.416 e. The van der Waals surface area contributed by atoms with Crippen LogP contribution < -0.4 is 16.0 Å². The van der Waals surface area contributed by atoms with Crippen LogP contribution in [-0.4, -0.2) is 57.7 Å². The minimum atomic E-state index is -4.54. The van der Waals surface area contributed by atoms with E-state index < -0.39 is 17.6 Å². The minimum absolute atomic E-state index is 0.0559. The second-order valence-electron chi connectivity index (χ2n) is 9.98. The van der Waals surface area contributed by atoms with Crippen LogP contribution in [0.15, 0.2) is 42.6 Å². The Labute approximate surface area is 230 Å². The van der Waals surface area contributed by atoms with E-state index >= 15 is 0 Å². The highest BCUT2D eigenvalue weighted by atomic mass is 19.4. The number of amides is 1. The Hall–Kier alpha value is -4.19. The molecule has 0 radical (unpaired) electrons. The summed E-state index contributed by atoms with van der Waals surface area (Å²) in [6, 6.07) is 8.73. The number of alkyl halides is 3. The Balaban J connectivity index is 1.49. The predicted molar refractivity (Wildman–Crippen MR) is 151 cm³/mol. The van der Waals surface area contributed by atoms with Gasteiger partial charge < -0.3 is 20.9 Å². The molecule has 2 aromatic heterocycles. The standard InChI is InChI=1S/C28H33F3N8O/c1-17-8-10-19(14-22(17)28(29,30)31)26(40)34-20-11-9-18(2)23(15-20)35-24-21-16-33-27(36-25(21)39(5)37-24)32-12-6-7-13-38(3)4/h8-11,14-16H,6-7,12-13H2,1-5H3,(H,34,40)(H,35,37)(H,32,33,36). The van der Waals surface area contributed by atoms with Crippen LogP contribution in [0.4, 0.5) is 36.3 Å². The topological polar surface area (TPSA) is 100 Å². The van der Waals surface area contributed by atoms with E-state index in [1.165, 1.54) is 19.1 Å². The molecule has 1 amide bonds. The van der Waals surface area contributed by atoms with Crippen molar-refractivity contribution >= 4 is 40.1 Å². The molecule has 40 heavy (non-hydrogen) atoms. The smallest absolute Gasteiger partial charge is 0.354 e. The molecule has 212 valence electrons. The number of aromatic nitrogens is 4. The maximum Gasteiger partial charge on any atom is 0.416 e. The molecule has 0 atom stereocenters. The Morgan fingerprint density at radius 2 is 1.80 bits per heavy atom. The number of aryl methyl sites for hydroxylation is 3. The number of rotatable bonds is 10. The van der Waals surface area contributed by atoms with Crippen LogP contribution in [0, 0.1) is 13.8 Å². The van der Waals surface area contributed by atoms with E-state index in [0.29, 0.717) is 34.2 Å². The van der Waals surface area contributed by atoms with E-state index in [2.05, 4.69) is 35.9 Å². The maximum absolute atomic E-state index is 13.3. The molecule has 0 saturated carbocycles. The molecule has 0 spiro atoms. The fourth-order valence-corrected chi connectivity index (χ4v) is 4.20. The van der Waals surface area contributed by atoms with Gasteiger partial charge in [-0.2, -0.15) is 23.3 Å². The number of nitrogens with one attached hydrogen (secondary N) is 3. The summed E-state index contributed by atoms with van der Waals surface area (Å²) in [5.41, 5.74) is 1.76. The minimum Gasteiger partial charge on any atom is -0.354 e. The van der Waals surface area contributed by atoms with Crippen molar-refractivity contribution in [3.8, 4) is 0 Å². The Morgan fingerprint density at radius 3 is 2.52 bits per heavy atom. The van der Waals surface area contributed by atoms with Crippen LogP contribution in [-0.2, 0) is 13.2 Å². The van der Waals surface area contributed by atoms with Crippen LogP contribution in [0.2, 0.25) is 0 Å². The van der Waals surface area contributed by atoms with Gasteiger partial charge in [-0.25, -0.2) is 9.67 Å². The van der Waals surface area contributed by atoms with E-state index in [-0.39, 0.29) is 11.1 Å². The lowest BCUT2D eigenvalue weighted by Crippen LogP contribution is -2.15. The van der Waals surface area contributed by atoms with Gasteiger partial charge in [-0.1, -0.05) is 12.1 Å². The molecule has 2 heterocycles. The number of halogens is 3. The highest BCUT2D eigenvalue weighted by molar-refractivity contribution is 6.04. The van der Waals surface area contributed by atoms with Crippen molar-refractivity contribution in [3.63, 3.8) is 0 Å². The first-order valence-corrected chi connectivity index (χ1v) is 12.9. The molecule has 0 aliphatic heterocycles. The number of nitrogens with zero attached hydrogens (tertiary/aromatic N) is 5. The van der Waals surface area contributed by atoms with E-state index in [4.69, 9.17) is 0 Å². The van der Waals surface area contributed by atoms with Crippen molar-refractivity contribution in [1.29, 1.82) is 0 Å². The third-order valence-corrected chi connectivity index (χ3v) is 6.45. The molecule has 0 unspecified atom stereocenters. The summed E-state index contributed by atoms with van der Waals surface area (Å²) in [4.78, 5) is 24.0. The molecule has 0 fully saturated rings. The molecule has 12 heteroatoms. The summed E-state index contributed by atoms with van der Waals surface area (Å²) in [7, 11) is 5.89. The van der Waals surface area contributed by atoms with E-state index in [0.717, 1.165) is 37.6 Å². The average molecular weight is 555 g/mol. The Bertz CT molecular complexity index is 1510. The fourth-order valence-electron chi connectivity index (χ4n) is 4.20. The zero-order chi connectivity index (χ0) is 29.0. The normalized spacial score (nSPS) is 11.7. The number of fused-ring (bicyclic) bond motifs is 1. The summed E-state index contributed by atoms with van der Waals surface area (Å²) in [5, 5.41) is 14.5.